The molecule has 1 aromatic rings. The summed E-state index contributed by atoms with van der Waals surface area (Å²) in [6.45, 7) is 1.85. The van der Waals surface area contributed by atoms with Crippen molar-refractivity contribution in [3.63, 3.8) is 0 Å². The number of hydrogen-bond donors (Lipinski definition) is 0. The highest BCUT2D eigenvalue weighted by Gasteiger charge is 2.78. The number of carbonyl (C=O) groups excluding carboxylic acids is 2. The largest absolute Gasteiger partial charge is 0.459 e. The van der Waals surface area contributed by atoms with Crippen molar-refractivity contribution < 1.29 is 27.5 Å². The summed E-state index contributed by atoms with van der Waals surface area (Å²) < 4.78 is 46.6. The van der Waals surface area contributed by atoms with E-state index in [4.69, 9.17) is 4.74 Å². The van der Waals surface area contributed by atoms with Gasteiger partial charge in [0.25, 0.3) is 0 Å². The zero-order valence-electron chi connectivity index (χ0n) is 13.3. The van der Waals surface area contributed by atoms with Crippen molar-refractivity contribution in [2.24, 2.45) is 10.5 Å². The van der Waals surface area contributed by atoms with Crippen LogP contribution in [0.5, 0.6) is 0 Å². The number of aryl methyl sites for hydroxylation is 1. The van der Waals surface area contributed by atoms with Crippen molar-refractivity contribution in [1.29, 1.82) is 0 Å². The van der Waals surface area contributed by atoms with E-state index in [2.05, 4.69) is 5.10 Å². The van der Waals surface area contributed by atoms with Gasteiger partial charge in [-0.1, -0.05) is 29.8 Å². The molecule has 3 aliphatic heterocycles. The SMILES string of the molecule is Cc1ccc(C(=O)[C@H]2C[C@]3(C(F)(F)F)C(=O)O[C@@H]4CC=NN2[C@@H]43)cc1. The van der Waals surface area contributed by atoms with Gasteiger partial charge in [-0.05, 0) is 6.92 Å². The first-order chi connectivity index (χ1) is 11.8. The van der Waals surface area contributed by atoms with Crippen molar-refractivity contribution >= 4 is 18.0 Å². The Morgan fingerprint density at radius 3 is 2.64 bits per heavy atom. The van der Waals surface area contributed by atoms with Crippen LogP contribution in [0.4, 0.5) is 13.2 Å². The van der Waals surface area contributed by atoms with Gasteiger partial charge in [0.05, 0.1) is 0 Å². The molecule has 0 radical (unpaired) electrons. The maximum Gasteiger partial charge on any atom is 0.407 e. The van der Waals surface area contributed by atoms with Gasteiger partial charge in [-0.3, -0.25) is 14.6 Å². The molecule has 2 fully saturated rings. The van der Waals surface area contributed by atoms with Crippen LogP contribution < -0.4 is 0 Å². The van der Waals surface area contributed by atoms with Crippen LogP contribution in [0, 0.1) is 12.3 Å². The molecule has 1 aromatic carbocycles. The number of ether oxygens (including phenoxy) is 1. The maximum atomic E-state index is 13.9. The lowest BCUT2D eigenvalue weighted by atomic mass is 9.77. The molecule has 0 bridgehead atoms. The summed E-state index contributed by atoms with van der Waals surface area (Å²) in [5, 5.41) is 5.16. The van der Waals surface area contributed by atoms with Gasteiger partial charge in [0.15, 0.2) is 11.2 Å². The number of hydrazone groups is 1. The van der Waals surface area contributed by atoms with Crippen LogP contribution in [0.3, 0.4) is 0 Å². The van der Waals surface area contributed by atoms with E-state index in [-0.39, 0.29) is 6.42 Å². The zero-order chi connectivity index (χ0) is 18.0. The fourth-order valence-corrected chi connectivity index (χ4v) is 4.03. The van der Waals surface area contributed by atoms with Crippen LogP contribution in [-0.2, 0) is 9.53 Å². The third-order valence-electron chi connectivity index (χ3n) is 5.30. The molecule has 0 spiro atoms. The highest BCUT2D eigenvalue weighted by molar-refractivity contribution is 6.01. The predicted octanol–water partition coefficient (Wildman–Crippen LogP) is 2.48. The molecule has 0 unspecified atom stereocenters. The number of ketones is 1. The van der Waals surface area contributed by atoms with Crippen LogP contribution in [0.2, 0.25) is 0 Å². The molecule has 0 aromatic heterocycles. The monoisotopic (exact) mass is 352 g/mol. The Morgan fingerprint density at radius 1 is 1.32 bits per heavy atom. The number of hydrogen-bond acceptors (Lipinski definition) is 5. The van der Waals surface area contributed by atoms with Gasteiger partial charge in [-0.15, -0.1) is 0 Å². The lowest BCUT2D eigenvalue weighted by molar-refractivity contribution is -0.224. The lowest BCUT2D eigenvalue weighted by Gasteiger charge is -2.33. The van der Waals surface area contributed by atoms with Crippen molar-refractivity contribution in [2.45, 2.75) is 44.1 Å². The van der Waals surface area contributed by atoms with Crippen LogP contribution in [0.25, 0.3) is 0 Å². The Bertz CT molecular complexity index is 774. The standard InChI is InChI=1S/C17H15F3N2O3/c1-9-2-4-10(5-3-9)13(23)11-8-16(17(18,19)20)14-12(25-15(16)24)6-7-21-22(11)14/h2-5,7,11-12,14H,6,8H2,1H3/t11-,12-,14+,16-/m1/s1. The number of halogens is 3. The normalized spacial score (nSPS) is 33.4. The van der Waals surface area contributed by atoms with Gasteiger partial charge in [-0.2, -0.15) is 18.3 Å². The first kappa shape index (κ1) is 16.1. The summed E-state index contributed by atoms with van der Waals surface area (Å²) >= 11 is 0. The molecule has 3 heterocycles. The molecule has 25 heavy (non-hydrogen) atoms. The Labute approximate surface area is 141 Å². The molecule has 3 aliphatic rings. The summed E-state index contributed by atoms with van der Waals surface area (Å²) in [4.78, 5) is 25.0. The average molecular weight is 352 g/mol. The minimum atomic E-state index is -4.81. The van der Waals surface area contributed by atoms with Crippen molar-refractivity contribution in [1.82, 2.24) is 5.01 Å². The summed E-state index contributed by atoms with van der Waals surface area (Å²) in [5.74, 6) is -1.77. The summed E-state index contributed by atoms with van der Waals surface area (Å²) in [6, 6.07) is 4.18. The average Bonchev–Trinajstić information content (AvgIpc) is 3.06. The molecule has 0 aliphatic carbocycles. The Balaban J connectivity index is 1.77. The maximum absolute atomic E-state index is 13.9. The second-order valence-corrected chi connectivity index (χ2v) is 6.72. The third-order valence-corrected chi connectivity index (χ3v) is 5.30. The van der Waals surface area contributed by atoms with Gasteiger partial charge >= 0.3 is 12.1 Å². The Hall–Kier alpha value is -2.38. The van der Waals surface area contributed by atoms with E-state index in [1.165, 1.54) is 6.21 Å². The van der Waals surface area contributed by atoms with Crippen LogP contribution in [0.15, 0.2) is 29.4 Å². The third kappa shape index (κ3) is 2.06. The van der Waals surface area contributed by atoms with Gasteiger partial charge in [0.2, 0.25) is 0 Å². The number of alkyl halides is 3. The van der Waals surface area contributed by atoms with E-state index in [0.717, 1.165) is 10.6 Å². The molecule has 0 saturated carbocycles. The number of nitrogens with zero attached hydrogens (tertiary/aromatic N) is 2. The van der Waals surface area contributed by atoms with E-state index in [1.807, 2.05) is 6.92 Å². The van der Waals surface area contributed by atoms with Crippen LogP contribution in [-0.4, -0.2) is 47.3 Å². The van der Waals surface area contributed by atoms with E-state index in [9.17, 15) is 22.8 Å². The summed E-state index contributed by atoms with van der Waals surface area (Å²) in [6.07, 6.45) is -4.88. The van der Waals surface area contributed by atoms with Gasteiger partial charge < -0.3 is 4.74 Å². The number of rotatable bonds is 2. The van der Waals surface area contributed by atoms with E-state index in [1.54, 1.807) is 24.3 Å². The van der Waals surface area contributed by atoms with Gasteiger partial charge in [0.1, 0.15) is 18.2 Å². The fourth-order valence-electron chi connectivity index (χ4n) is 4.03. The lowest BCUT2D eigenvalue weighted by Crippen LogP contribution is -2.52. The van der Waals surface area contributed by atoms with Gasteiger partial charge in [-0.25, -0.2) is 0 Å². The number of benzene rings is 1. The Morgan fingerprint density at radius 2 is 2.00 bits per heavy atom. The fraction of sp³-hybridized carbons (Fsp3) is 0.471. The number of Topliss-reactive ketones (excluding diaryl/α,β-unsaturated/α-hetero) is 1. The highest BCUT2D eigenvalue weighted by atomic mass is 19.4. The van der Waals surface area contributed by atoms with Crippen LogP contribution >= 0.6 is 0 Å². The predicted molar refractivity (Wildman–Crippen MR) is 81.0 cm³/mol. The van der Waals surface area contributed by atoms with E-state index < -0.39 is 48.0 Å². The number of carbonyl (C=O) groups is 2. The summed E-state index contributed by atoms with van der Waals surface area (Å²) in [5.41, 5.74) is -1.45. The van der Waals surface area contributed by atoms with E-state index >= 15 is 0 Å². The molecular formula is C17H15F3N2O3. The van der Waals surface area contributed by atoms with Crippen LogP contribution in [0.1, 0.15) is 28.8 Å². The molecular weight excluding hydrogens is 337 g/mol. The first-order valence-corrected chi connectivity index (χ1v) is 7.95. The first-order valence-electron chi connectivity index (χ1n) is 7.95. The molecule has 0 amide bonds. The Kier molecular flexibility index (Phi) is 3.26. The molecule has 0 N–H and O–H groups in total. The molecule has 4 atom stereocenters. The molecule has 2 saturated heterocycles. The molecule has 4 rings (SSSR count). The highest BCUT2D eigenvalue weighted by Crippen LogP contribution is 2.58. The van der Waals surface area contributed by atoms with E-state index in [0.29, 0.717) is 5.56 Å². The number of esters is 1. The molecule has 5 nitrogen and oxygen atoms in total. The zero-order valence-corrected chi connectivity index (χ0v) is 13.3. The topological polar surface area (TPSA) is 59.0 Å². The second-order valence-electron chi connectivity index (χ2n) is 6.72. The second kappa shape index (κ2) is 5.06. The minimum Gasteiger partial charge on any atom is -0.459 e. The summed E-state index contributed by atoms with van der Waals surface area (Å²) in [7, 11) is 0. The smallest absolute Gasteiger partial charge is 0.407 e. The van der Waals surface area contributed by atoms with Gasteiger partial charge in [0, 0.05) is 24.6 Å². The quantitative estimate of drug-likeness (QED) is 0.606. The minimum absolute atomic E-state index is 0.121. The van der Waals surface area contributed by atoms with Crippen molar-refractivity contribution in [2.75, 3.05) is 0 Å². The molecule has 132 valence electrons. The van der Waals surface area contributed by atoms with Crippen molar-refractivity contribution in [3.05, 3.63) is 35.4 Å². The molecule has 8 heteroatoms. The van der Waals surface area contributed by atoms with Crippen molar-refractivity contribution in [3.8, 4) is 0 Å².